The first-order valence-electron chi connectivity index (χ1n) is 12.7. The van der Waals surface area contributed by atoms with Crippen LogP contribution in [0.1, 0.15) is 69.1 Å². The Kier molecular flexibility index (Phi) is 8.19. The molecule has 2 aromatic rings. The lowest BCUT2D eigenvalue weighted by atomic mass is 9.84. The van der Waals surface area contributed by atoms with Crippen molar-refractivity contribution < 1.29 is 0 Å². The summed E-state index contributed by atoms with van der Waals surface area (Å²) in [5, 5.41) is 5.12. The van der Waals surface area contributed by atoms with Crippen LogP contribution in [0.3, 0.4) is 0 Å². The third-order valence-corrected chi connectivity index (χ3v) is 8.19. The molecule has 1 aliphatic carbocycles. The Labute approximate surface area is 210 Å². The molecule has 1 aliphatic heterocycles. The number of hydrogen-bond acceptors (Lipinski definition) is 2. The highest BCUT2D eigenvalue weighted by atomic mass is 35.5. The van der Waals surface area contributed by atoms with Gasteiger partial charge in [0.05, 0.1) is 0 Å². The number of aryl methyl sites for hydroxylation is 1. The Hall–Kier alpha value is -1.78. The molecule has 3 nitrogen and oxygen atoms in total. The molecule has 1 heterocycles. The fourth-order valence-electron chi connectivity index (χ4n) is 5.55. The van der Waals surface area contributed by atoms with Gasteiger partial charge in [-0.1, -0.05) is 56.5 Å². The van der Waals surface area contributed by atoms with E-state index in [1.807, 2.05) is 19.1 Å². The van der Waals surface area contributed by atoms with Crippen LogP contribution in [-0.2, 0) is 13.0 Å². The molecular weight excluding hydrogens is 446 g/mol. The van der Waals surface area contributed by atoms with Crippen LogP contribution in [0.25, 0.3) is 0 Å². The van der Waals surface area contributed by atoms with Crippen LogP contribution in [0, 0.1) is 12.8 Å². The van der Waals surface area contributed by atoms with Gasteiger partial charge in [0.1, 0.15) is 0 Å². The number of hydrogen-bond donors (Lipinski definition) is 1. The summed E-state index contributed by atoms with van der Waals surface area (Å²) in [5.74, 6) is 0.636. The molecule has 2 aromatic carbocycles. The summed E-state index contributed by atoms with van der Waals surface area (Å²) in [4.78, 5) is 5.01. The van der Waals surface area contributed by atoms with E-state index >= 15 is 0 Å². The molecule has 1 fully saturated rings. The van der Waals surface area contributed by atoms with Crippen molar-refractivity contribution in [3.8, 4) is 0 Å². The minimum Gasteiger partial charge on any atom is -0.371 e. The van der Waals surface area contributed by atoms with E-state index in [1.54, 1.807) is 0 Å². The molecule has 2 atom stereocenters. The van der Waals surface area contributed by atoms with Crippen LogP contribution in [0.5, 0.6) is 0 Å². The summed E-state index contributed by atoms with van der Waals surface area (Å²) in [5.41, 5.74) is 6.33. The van der Waals surface area contributed by atoms with E-state index in [1.165, 1.54) is 68.3 Å². The van der Waals surface area contributed by atoms with Crippen molar-refractivity contribution in [2.24, 2.45) is 5.92 Å². The van der Waals surface area contributed by atoms with Gasteiger partial charge in [0, 0.05) is 42.1 Å². The van der Waals surface area contributed by atoms with Crippen molar-refractivity contribution >= 4 is 40.3 Å². The predicted molar refractivity (Wildman–Crippen MR) is 147 cm³/mol. The number of thiocarbonyl (C=S) groups is 1. The van der Waals surface area contributed by atoms with Crippen LogP contribution in [0.15, 0.2) is 36.4 Å². The monoisotopic (exact) mass is 483 g/mol. The van der Waals surface area contributed by atoms with Gasteiger partial charge in [-0.25, -0.2) is 0 Å². The molecule has 5 heteroatoms. The van der Waals surface area contributed by atoms with Gasteiger partial charge < -0.3 is 15.1 Å². The first-order valence-corrected chi connectivity index (χ1v) is 13.5. The summed E-state index contributed by atoms with van der Waals surface area (Å²) in [6, 6.07) is 13.5. The quantitative estimate of drug-likeness (QED) is 0.426. The van der Waals surface area contributed by atoms with Crippen molar-refractivity contribution in [1.29, 1.82) is 0 Å². The third kappa shape index (κ3) is 5.66. The number of nitrogens with zero attached hydrogens (tertiary/aromatic N) is 2. The molecule has 0 bridgehead atoms. The zero-order valence-electron chi connectivity index (χ0n) is 20.4. The summed E-state index contributed by atoms with van der Waals surface area (Å²) in [6.45, 7) is 9.87. The van der Waals surface area contributed by atoms with E-state index in [0.29, 0.717) is 12.0 Å². The zero-order valence-corrected chi connectivity index (χ0v) is 21.9. The van der Waals surface area contributed by atoms with Crippen LogP contribution >= 0.6 is 23.8 Å². The molecule has 0 radical (unpaired) electrons. The van der Waals surface area contributed by atoms with Gasteiger partial charge in [0.15, 0.2) is 5.11 Å². The number of fused-ring (bicyclic) bond motifs is 1. The van der Waals surface area contributed by atoms with Crippen molar-refractivity contribution in [3.05, 3.63) is 58.1 Å². The molecule has 0 unspecified atom stereocenters. The summed E-state index contributed by atoms with van der Waals surface area (Å²) < 4.78 is 0. The highest BCUT2D eigenvalue weighted by molar-refractivity contribution is 7.80. The molecule has 178 valence electrons. The van der Waals surface area contributed by atoms with Crippen molar-refractivity contribution in [2.45, 2.75) is 78.3 Å². The number of rotatable bonds is 6. The normalized spacial score (nSPS) is 20.3. The van der Waals surface area contributed by atoms with Gasteiger partial charge in [-0.2, -0.15) is 0 Å². The first kappa shape index (κ1) is 24.3. The molecule has 2 aliphatic rings. The average molecular weight is 484 g/mol. The predicted octanol–water partition coefficient (Wildman–Crippen LogP) is 7.59. The SMILES string of the molecule is CCCN1CCCc2cc(CN(C(=S)Nc3cccc(Cl)c3C)[C@H]3CCCC[C@@H]3C)ccc21. The fourth-order valence-corrected chi connectivity index (χ4v) is 6.04. The third-order valence-electron chi connectivity index (χ3n) is 7.44. The van der Waals surface area contributed by atoms with Gasteiger partial charge in [-0.3, -0.25) is 0 Å². The molecule has 0 amide bonds. The summed E-state index contributed by atoms with van der Waals surface area (Å²) in [7, 11) is 0. The Balaban J connectivity index is 1.59. The standard InChI is InChI=1S/C28H38ClN3S/c1-4-16-31-17-8-10-23-18-22(14-15-27(23)31)19-32(26-13-6-5-9-20(26)2)28(33)30-25-12-7-11-24(29)21(25)3/h7,11-12,14-15,18,20,26H,4-6,8-10,13,16-17,19H2,1-3H3,(H,30,33)/t20-,26-/m0/s1. The van der Waals surface area contributed by atoms with Crippen molar-refractivity contribution in [3.63, 3.8) is 0 Å². The maximum absolute atomic E-state index is 6.38. The Bertz CT molecular complexity index is 976. The lowest BCUT2D eigenvalue weighted by Crippen LogP contribution is -2.46. The van der Waals surface area contributed by atoms with E-state index in [9.17, 15) is 0 Å². The minimum absolute atomic E-state index is 0.464. The van der Waals surface area contributed by atoms with Crippen molar-refractivity contribution in [2.75, 3.05) is 23.3 Å². The van der Waals surface area contributed by atoms with Gasteiger partial charge >= 0.3 is 0 Å². The molecule has 4 rings (SSSR count). The number of anilines is 2. The van der Waals surface area contributed by atoms with Crippen LogP contribution < -0.4 is 10.2 Å². The Morgan fingerprint density at radius 1 is 1.18 bits per heavy atom. The lowest BCUT2D eigenvalue weighted by molar-refractivity contribution is 0.177. The number of nitrogens with one attached hydrogen (secondary N) is 1. The minimum atomic E-state index is 0.464. The van der Waals surface area contributed by atoms with Gasteiger partial charge in [0.25, 0.3) is 0 Å². The van der Waals surface area contributed by atoms with Gasteiger partial charge in [-0.05, 0) is 92.1 Å². The van der Waals surface area contributed by atoms with Crippen LogP contribution in [-0.4, -0.2) is 29.1 Å². The van der Waals surface area contributed by atoms with Gasteiger partial charge in [-0.15, -0.1) is 0 Å². The average Bonchev–Trinajstić information content (AvgIpc) is 2.81. The van der Waals surface area contributed by atoms with E-state index in [0.717, 1.165) is 34.5 Å². The second kappa shape index (κ2) is 11.1. The van der Waals surface area contributed by atoms with Gasteiger partial charge in [0.2, 0.25) is 0 Å². The molecule has 33 heavy (non-hydrogen) atoms. The van der Waals surface area contributed by atoms with E-state index < -0.39 is 0 Å². The Morgan fingerprint density at radius 2 is 2.00 bits per heavy atom. The molecule has 0 saturated heterocycles. The Morgan fingerprint density at radius 3 is 2.79 bits per heavy atom. The number of halogens is 1. The smallest absolute Gasteiger partial charge is 0.173 e. The first-order chi connectivity index (χ1) is 16.0. The highest BCUT2D eigenvalue weighted by Gasteiger charge is 2.29. The zero-order chi connectivity index (χ0) is 23.4. The fraction of sp³-hybridized carbons (Fsp3) is 0.536. The molecule has 0 spiro atoms. The summed E-state index contributed by atoms with van der Waals surface area (Å²) in [6.07, 6.45) is 8.69. The van der Waals surface area contributed by atoms with E-state index in [2.05, 4.69) is 53.2 Å². The molecule has 1 saturated carbocycles. The van der Waals surface area contributed by atoms with E-state index in [-0.39, 0.29) is 0 Å². The lowest BCUT2D eigenvalue weighted by Gasteiger charge is -2.40. The topological polar surface area (TPSA) is 18.5 Å². The second-order valence-electron chi connectivity index (χ2n) is 9.85. The largest absolute Gasteiger partial charge is 0.371 e. The van der Waals surface area contributed by atoms with Crippen LogP contribution in [0.4, 0.5) is 11.4 Å². The second-order valence-corrected chi connectivity index (χ2v) is 10.6. The molecule has 0 aromatic heterocycles. The number of benzene rings is 2. The maximum Gasteiger partial charge on any atom is 0.173 e. The maximum atomic E-state index is 6.38. The van der Waals surface area contributed by atoms with Crippen molar-refractivity contribution in [1.82, 2.24) is 4.90 Å². The van der Waals surface area contributed by atoms with Crippen LogP contribution in [0.2, 0.25) is 5.02 Å². The molecule has 1 N–H and O–H groups in total. The van der Waals surface area contributed by atoms with E-state index in [4.69, 9.17) is 23.8 Å². The molecular formula is C28H38ClN3S. The highest BCUT2D eigenvalue weighted by Crippen LogP contribution is 2.33. The summed E-state index contributed by atoms with van der Waals surface area (Å²) >= 11 is 12.4.